The first-order valence-corrected chi connectivity index (χ1v) is 14.2. The van der Waals surface area contributed by atoms with Gasteiger partial charge in [-0.25, -0.2) is 18.6 Å². The Balaban J connectivity index is 0.000000187. The van der Waals surface area contributed by atoms with E-state index in [1.54, 1.807) is 53.6 Å². The molecule has 44 heavy (non-hydrogen) atoms. The molecule has 3 aromatic carbocycles. The van der Waals surface area contributed by atoms with E-state index in [0.29, 0.717) is 39.8 Å². The van der Waals surface area contributed by atoms with Crippen LogP contribution in [0.2, 0.25) is 0 Å². The predicted octanol–water partition coefficient (Wildman–Crippen LogP) is 7.15. The number of hydrogen-bond donors (Lipinski definition) is 1. The zero-order valence-electron chi connectivity index (χ0n) is 25.3. The van der Waals surface area contributed by atoms with Gasteiger partial charge in [0.15, 0.2) is 34.6 Å². The number of aryl methyl sites for hydroxylation is 1. The van der Waals surface area contributed by atoms with E-state index < -0.39 is 17.6 Å². The number of benzene rings is 3. The SMILES string of the molecule is COc1ccc(/C=C2\N=C(C)OC2=O)cc1OC.COc1ccc(CC2CCCc3c2[nH]c2c(F)cc(F)cc32)cc1OC. The number of aromatic nitrogens is 1. The van der Waals surface area contributed by atoms with Crippen LogP contribution < -0.4 is 18.9 Å². The molecule has 1 N–H and O–H groups in total. The van der Waals surface area contributed by atoms with Crippen molar-refractivity contribution in [3.63, 3.8) is 0 Å². The predicted molar refractivity (Wildman–Crippen MR) is 164 cm³/mol. The van der Waals surface area contributed by atoms with Crippen molar-refractivity contribution in [2.24, 2.45) is 4.99 Å². The number of esters is 1. The fourth-order valence-electron chi connectivity index (χ4n) is 5.69. The molecular weight excluding hydrogens is 570 g/mol. The van der Waals surface area contributed by atoms with Crippen LogP contribution in [0.3, 0.4) is 0 Å². The van der Waals surface area contributed by atoms with Crippen molar-refractivity contribution in [3.05, 3.63) is 88.2 Å². The molecule has 8 nitrogen and oxygen atoms in total. The number of carbonyl (C=O) groups excluding carboxylic acids is 1. The average molecular weight is 605 g/mol. The summed E-state index contributed by atoms with van der Waals surface area (Å²) in [5.74, 6) is 1.72. The summed E-state index contributed by atoms with van der Waals surface area (Å²) in [4.78, 5) is 18.6. The van der Waals surface area contributed by atoms with E-state index in [0.717, 1.165) is 54.1 Å². The van der Waals surface area contributed by atoms with Crippen LogP contribution in [0.15, 0.2) is 59.2 Å². The molecule has 0 bridgehead atoms. The molecular formula is C34H34F2N2O6. The molecule has 0 fully saturated rings. The quantitative estimate of drug-likeness (QED) is 0.178. The van der Waals surface area contributed by atoms with Crippen molar-refractivity contribution in [1.82, 2.24) is 4.98 Å². The van der Waals surface area contributed by atoms with Gasteiger partial charge in [-0.05, 0) is 78.8 Å². The summed E-state index contributed by atoms with van der Waals surface area (Å²) in [6, 6.07) is 13.6. The maximum atomic E-state index is 14.2. The third kappa shape index (κ3) is 6.39. The molecule has 1 aliphatic carbocycles. The van der Waals surface area contributed by atoms with Gasteiger partial charge >= 0.3 is 5.97 Å². The van der Waals surface area contributed by atoms with E-state index in [4.69, 9.17) is 23.7 Å². The van der Waals surface area contributed by atoms with E-state index in [1.807, 2.05) is 24.3 Å². The van der Waals surface area contributed by atoms with Crippen molar-refractivity contribution < 1.29 is 37.3 Å². The first-order valence-electron chi connectivity index (χ1n) is 14.2. The van der Waals surface area contributed by atoms with Crippen LogP contribution in [0.5, 0.6) is 23.0 Å². The number of methoxy groups -OCH3 is 4. The van der Waals surface area contributed by atoms with Gasteiger partial charge in [-0.1, -0.05) is 12.1 Å². The topological polar surface area (TPSA) is 91.4 Å². The Hall–Kier alpha value is -4.86. The van der Waals surface area contributed by atoms with Crippen LogP contribution in [-0.2, 0) is 22.4 Å². The highest BCUT2D eigenvalue weighted by molar-refractivity contribution is 6.06. The number of aliphatic imine (C=N–C) groups is 1. The number of nitrogens with one attached hydrogen (secondary N) is 1. The molecule has 1 aromatic heterocycles. The van der Waals surface area contributed by atoms with E-state index >= 15 is 0 Å². The van der Waals surface area contributed by atoms with E-state index in [1.165, 1.54) is 6.07 Å². The number of hydrogen-bond acceptors (Lipinski definition) is 7. The van der Waals surface area contributed by atoms with Crippen LogP contribution in [0.4, 0.5) is 8.78 Å². The van der Waals surface area contributed by atoms with Gasteiger partial charge in [-0.15, -0.1) is 0 Å². The molecule has 0 spiro atoms. The Kier molecular flexibility index (Phi) is 9.18. The minimum Gasteiger partial charge on any atom is -0.493 e. The van der Waals surface area contributed by atoms with Crippen molar-refractivity contribution in [3.8, 4) is 23.0 Å². The number of carbonyl (C=O) groups is 1. The smallest absolute Gasteiger partial charge is 0.363 e. The van der Waals surface area contributed by atoms with Gasteiger partial charge in [0.1, 0.15) is 11.6 Å². The normalized spacial score (nSPS) is 16.5. The third-order valence-corrected chi connectivity index (χ3v) is 7.72. The Bertz CT molecular complexity index is 1760. The Labute approximate surface area is 254 Å². The fourth-order valence-corrected chi connectivity index (χ4v) is 5.69. The number of aromatic amines is 1. The highest BCUT2D eigenvalue weighted by Crippen LogP contribution is 2.40. The van der Waals surface area contributed by atoms with Crippen molar-refractivity contribution in [1.29, 1.82) is 0 Å². The van der Waals surface area contributed by atoms with E-state index in [9.17, 15) is 13.6 Å². The first kappa shape index (κ1) is 30.6. The lowest BCUT2D eigenvalue weighted by Crippen LogP contribution is -2.11. The Morgan fingerprint density at radius 1 is 0.932 bits per heavy atom. The summed E-state index contributed by atoms with van der Waals surface area (Å²) in [6.07, 6.45) is 5.32. The molecule has 10 heteroatoms. The molecule has 0 amide bonds. The van der Waals surface area contributed by atoms with Crippen LogP contribution in [0.1, 0.15) is 48.1 Å². The number of H-pyrrole nitrogens is 1. The highest BCUT2D eigenvalue weighted by atomic mass is 19.1. The number of cyclic esters (lactones) is 1. The minimum atomic E-state index is -0.529. The number of nitrogens with zero attached hydrogens (tertiary/aromatic N) is 1. The average Bonchev–Trinajstić information content (AvgIpc) is 3.56. The lowest BCUT2D eigenvalue weighted by atomic mass is 9.83. The van der Waals surface area contributed by atoms with Gasteiger partial charge in [0, 0.05) is 30.0 Å². The van der Waals surface area contributed by atoms with Crippen molar-refractivity contribution >= 4 is 28.8 Å². The second-order valence-corrected chi connectivity index (χ2v) is 10.5. The lowest BCUT2D eigenvalue weighted by molar-refractivity contribution is -0.130. The molecule has 1 aliphatic heterocycles. The Morgan fingerprint density at radius 2 is 1.61 bits per heavy atom. The largest absolute Gasteiger partial charge is 0.493 e. The summed E-state index contributed by atoms with van der Waals surface area (Å²) in [6.45, 7) is 1.63. The Morgan fingerprint density at radius 3 is 2.27 bits per heavy atom. The maximum absolute atomic E-state index is 14.2. The summed E-state index contributed by atoms with van der Waals surface area (Å²) >= 11 is 0. The minimum absolute atomic E-state index is 0.242. The first-order chi connectivity index (χ1) is 21.2. The zero-order chi connectivity index (χ0) is 31.4. The molecule has 0 saturated carbocycles. The molecule has 0 saturated heterocycles. The van der Waals surface area contributed by atoms with E-state index in [-0.39, 0.29) is 11.6 Å². The van der Waals surface area contributed by atoms with Crippen molar-refractivity contribution in [2.45, 2.75) is 38.5 Å². The van der Waals surface area contributed by atoms with Gasteiger partial charge in [-0.3, -0.25) is 0 Å². The summed E-state index contributed by atoms with van der Waals surface area (Å²) < 4.78 is 53.7. The van der Waals surface area contributed by atoms with Crippen LogP contribution in [0, 0.1) is 11.6 Å². The number of fused-ring (bicyclic) bond motifs is 3. The summed E-state index contributed by atoms with van der Waals surface area (Å²) in [5.41, 5.74) is 4.69. The standard InChI is InChI=1S/C21H21F2NO2.C13H13NO4/c1-25-18-7-6-12(9-19(18)26-2)8-13-4-3-5-15-16-10-14(22)11-17(23)21(16)24-20(13)15;1-8-14-10(13(15)18-8)6-9-4-5-11(16-2)12(7-9)17-3/h6-7,9-11,13,24H,3-5,8H2,1-2H3;4-7H,1-3H3/b;10-6-. The fraction of sp³-hybridized carbons (Fsp3) is 0.294. The van der Waals surface area contributed by atoms with Crippen LogP contribution in [0.25, 0.3) is 17.0 Å². The highest BCUT2D eigenvalue weighted by Gasteiger charge is 2.26. The van der Waals surface area contributed by atoms with Crippen LogP contribution >= 0.6 is 0 Å². The molecule has 2 heterocycles. The molecule has 2 aliphatic rings. The summed E-state index contributed by atoms with van der Waals surface area (Å²) in [7, 11) is 6.36. The van der Waals surface area contributed by atoms with Gasteiger partial charge in [0.05, 0.1) is 34.0 Å². The third-order valence-electron chi connectivity index (χ3n) is 7.72. The maximum Gasteiger partial charge on any atom is 0.363 e. The zero-order valence-corrected chi connectivity index (χ0v) is 25.3. The molecule has 1 atom stereocenters. The number of halogens is 2. The van der Waals surface area contributed by atoms with Gasteiger partial charge in [0.25, 0.3) is 0 Å². The second-order valence-electron chi connectivity index (χ2n) is 10.5. The van der Waals surface area contributed by atoms with Gasteiger partial charge < -0.3 is 28.7 Å². The summed E-state index contributed by atoms with van der Waals surface area (Å²) in [5, 5.41) is 0.675. The van der Waals surface area contributed by atoms with Crippen molar-refractivity contribution in [2.75, 3.05) is 28.4 Å². The lowest BCUT2D eigenvalue weighted by Gasteiger charge is -2.23. The van der Waals surface area contributed by atoms with Crippen LogP contribution in [-0.4, -0.2) is 45.3 Å². The van der Waals surface area contributed by atoms with Gasteiger partial charge in [0.2, 0.25) is 0 Å². The molecule has 6 rings (SSSR count). The molecule has 1 unspecified atom stereocenters. The second kappa shape index (κ2) is 13.2. The molecule has 0 radical (unpaired) electrons. The molecule has 4 aromatic rings. The monoisotopic (exact) mass is 604 g/mol. The number of rotatable bonds is 7. The van der Waals surface area contributed by atoms with Gasteiger partial charge in [-0.2, -0.15) is 0 Å². The van der Waals surface area contributed by atoms with E-state index in [2.05, 4.69) is 9.98 Å². The number of ether oxygens (including phenoxy) is 5. The molecule has 230 valence electrons.